The van der Waals surface area contributed by atoms with Crippen LogP contribution in [-0.2, 0) is 9.63 Å². The van der Waals surface area contributed by atoms with E-state index in [0.29, 0.717) is 12.1 Å². The molecule has 1 fully saturated rings. The summed E-state index contributed by atoms with van der Waals surface area (Å²) < 4.78 is 25.5. The number of phenols is 1. The minimum atomic E-state index is -2.69. The first-order chi connectivity index (χ1) is 12.3. The number of hydrogen-bond donors (Lipinski definition) is 2. The number of alkyl halides is 2. The summed E-state index contributed by atoms with van der Waals surface area (Å²) in [5.41, 5.74) is -0.940. The maximum Gasteiger partial charge on any atom is 0.279 e. The zero-order valence-corrected chi connectivity index (χ0v) is 13.7. The SMILES string of the molecule is C=CC(=O)Nc1ccc(O)c(C(=O)N2CCC3(CC(C(F)F)=NO3)C2)c1. The van der Waals surface area contributed by atoms with E-state index in [2.05, 4.69) is 17.1 Å². The molecule has 0 radical (unpaired) electrons. The molecule has 1 spiro atoms. The number of likely N-dealkylation sites (tertiary alicyclic amines) is 1. The van der Waals surface area contributed by atoms with Gasteiger partial charge in [-0.3, -0.25) is 9.59 Å². The molecule has 2 aliphatic heterocycles. The van der Waals surface area contributed by atoms with Crippen molar-refractivity contribution >= 4 is 23.2 Å². The van der Waals surface area contributed by atoms with Gasteiger partial charge in [-0.15, -0.1) is 0 Å². The summed E-state index contributed by atoms with van der Waals surface area (Å²) in [7, 11) is 0. The molecule has 0 bridgehead atoms. The first kappa shape index (κ1) is 17.8. The smallest absolute Gasteiger partial charge is 0.279 e. The lowest BCUT2D eigenvalue weighted by Gasteiger charge is -2.22. The molecule has 7 nitrogen and oxygen atoms in total. The summed E-state index contributed by atoms with van der Waals surface area (Å²) in [6.45, 7) is 3.72. The third kappa shape index (κ3) is 3.37. The van der Waals surface area contributed by atoms with Crippen molar-refractivity contribution in [3.63, 3.8) is 0 Å². The van der Waals surface area contributed by atoms with Crippen molar-refractivity contribution in [3.05, 3.63) is 36.4 Å². The van der Waals surface area contributed by atoms with Crippen LogP contribution in [0.4, 0.5) is 14.5 Å². The van der Waals surface area contributed by atoms with Crippen LogP contribution in [0.1, 0.15) is 23.2 Å². The number of nitrogens with zero attached hydrogens (tertiary/aromatic N) is 2. The summed E-state index contributed by atoms with van der Waals surface area (Å²) in [5.74, 6) is -1.18. The topological polar surface area (TPSA) is 91.2 Å². The standard InChI is InChI=1S/C17H17F2N3O4/c1-2-14(24)20-10-3-4-13(23)11(7-10)16(25)22-6-5-17(9-22)8-12(15(18)19)21-26-17/h2-4,7,15,23H,1,5-6,8-9H2,(H,20,24). The zero-order chi connectivity index (χ0) is 18.9. The number of carbonyl (C=O) groups excluding carboxylic acids is 2. The molecule has 2 heterocycles. The molecule has 1 atom stereocenters. The van der Waals surface area contributed by atoms with E-state index in [1.807, 2.05) is 0 Å². The Morgan fingerprint density at radius 3 is 2.88 bits per heavy atom. The number of oxime groups is 1. The number of rotatable bonds is 4. The van der Waals surface area contributed by atoms with Crippen molar-refractivity contribution in [1.29, 1.82) is 0 Å². The molecule has 9 heteroatoms. The number of hydrogen-bond acceptors (Lipinski definition) is 5. The summed E-state index contributed by atoms with van der Waals surface area (Å²) in [6, 6.07) is 4.09. The molecule has 26 heavy (non-hydrogen) atoms. The first-order valence-electron chi connectivity index (χ1n) is 7.92. The molecule has 2 N–H and O–H groups in total. The number of anilines is 1. The average molecular weight is 365 g/mol. The van der Waals surface area contributed by atoms with E-state index >= 15 is 0 Å². The van der Waals surface area contributed by atoms with E-state index in [1.165, 1.54) is 23.1 Å². The second kappa shape index (κ2) is 6.74. The molecule has 0 aliphatic carbocycles. The number of aromatic hydroxyl groups is 1. The molecule has 2 amide bonds. The Kier molecular flexibility index (Phi) is 4.62. The van der Waals surface area contributed by atoms with Crippen LogP contribution in [0.25, 0.3) is 0 Å². The number of halogens is 2. The zero-order valence-electron chi connectivity index (χ0n) is 13.7. The summed E-state index contributed by atoms with van der Waals surface area (Å²) >= 11 is 0. The van der Waals surface area contributed by atoms with Crippen LogP contribution < -0.4 is 5.32 Å². The van der Waals surface area contributed by atoms with E-state index < -0.39 is 23.8 Å². The third-order valence-electron chi connectivity index (χ3n) is 4.40. The average Bonchev–Trinajstić information content (AvgIpc) is 3.23. The van der Waals surface area contributed by atoms with Gasteiger partial charge in [-0.2, -0.15) is 0 Å². The lowest BCUT2D eigenvalue weighted by Crippen LogP contribution is -2.36. The van der Waals surface area contributed by atoms with Crippen molar-refractivity contribution < 1.29 is 28.3 Å². The predicted molar refractivity (Wildman–Crippen MR) is 89.3 cm³/mol. The van der Waals surface area contributed by atoms with Crippen LogP contribution in [0, 0.1) is 0 Å². The second-order valence-corrected chi connectivity index (χ2v) is 6.24. The molecule has 138 valence electrons. The lowest BCUT2D eigenvalue weighted by molar-refractivity contribution is -0.111. The Hall–Kier alpha value is -2.97. The molecule has 3 rings (SSSR count). The Labute approximate surface area is 147 Å². The highest BCUT2D eigenvalue weighted by atomic mass is 19.3. The molecule has 0 saturated carbocycles. The van der Waals surface area contributed by atoms with Crippen molar-refractivity contribution in [3.8, 4) is 5.75 Å². The predicted octanol–water partition coefficient (Wildman–Crippen LogP) is 2.14. The fourth-order valence-corrected chi connectivity index (χ4v) is 3.05. The monoisotopic (exact) mass is 365 g/mol. The number of nitrogens with one attached hydrogen (secondary N) is 1. The van der Waals surface area contributed by atoms with Gasteiger partial charge in [0.15, 0.2) is 5.60 Å². The Morgan fingerprint density at radius 1 is 1.46 bits per heavy atom. The molecular weight excluding hydrogens is 348 g/mol. The van der Waals surface area contributed by atoms with Gasteiger partial charge < -0.3 is 20.2 Å². The number of amides is 2. The molecule has 2 aliphatic rings. The largest absolute Gasteiger partial charge is 0.507 e. The van der Waals surface area contributed by atoms with Crippen molar-refractivity contribution in [1.82, 2.24) is 4.90 Å². The van der Waals surface area contributed by atoms with Gasteiger partial charge in [-0.25, -0.2) is 8.78 Å². The quantitative estimate of drug-likeness (QED) is 0.632. The Morgan fingerprint density at radius 2 is 2.23 bits per heavy atom. The van der Waals surface area contributed by atoms with Gasteiger partial charge in [0.2, 0.25) is 5.91 Å². The van der Waals surface area contributed by atoms with Crippen molar-refractivity contribution in [2.24, 2.45) is 5.16 Å². The van der Waals surface area contributed by atoms with Crippen LogP contribution >= 0.6 is 0 Å². The molecule has 1 aromatic carbocycles. The normalized spacial score (nSPS) is 21.7. The number of phenolic OH excluding ortho intramolecular Hbond substituents is 1. The minimum absolute atomic E-state index is 0.00286. The molecule has 1 unspecified atom stereocenters. The van der Waals surface area contributed by atoms with Crippen LogP contribution in [0.5, 0.6) is 5.75 Å². The minimum Gasteiger partial charge on any atom is -0.507 e. The fraction of sp³-hybridized carbons (Fsp3) is 0.353. The number of benzene rings is 1. The summed E-state index contributed by atoms with van der Waals surface area (Å²) in [6.07, 6.45) is -1.27. The van der Waals surface area contributed by atoms with Gasteiger partial charge in [0, 0.05) is 25.1 Å². The summed E-state index contributed by atoms with van der Waals surface area (Å²) in [4.78, 5) is 30.7. The van der Waals surface area contributed by atoms with Gasteiger partial charge in [-0.1, -0.05) is 11.7 Å². The van der Waals surface area contributed by atoms with Gasteiger partial charge in [0.25, 0.3) is 12.3 Å². The Balaban J connectivity index is 1.73. The molecule has 1 saturated heterocycles. The maximum atomic E-state index is 12.8. The van der Waals surface area contributed by atoms with E-state index in [-0.39, 0.29) is 36.5 Å². The van der Waals surface area contributed by atoms with Crippen molar-refractivity contribution in [2.75, 3.05) is 18.4 Å². The van der Waals surface area contributed by atoms with E-state index in [4.69, 9.17) is 4.84 Å². The van der Waals surface area contributed by atoms with Crippen molar-refractivity contribution in [2.45, 2.75) is 24.9 Å². The van der Waals surface area contributed by atoms with Crippen LogP contribution in [0.3, 0.4) is 0 Å². The van der Waals surface area contributed by atoms with Gasteiger partial charge in [-0.05, 0) is 24.3 Å². The fourth-order valence-electron chi connectivity index (χ4n) is 3.05. The highest BCUT2D eigenvalue weighted by Crippen LogP contribution is 2.36. The molecular formula is C17H17F2N3O4. The Bertz CT molecular complexity index is 796. The second-order valence-electron chi connectivity index (χ2n) is 6.24. The van der Waals surface area contributed by atoms with Crippen LogP contribution in [0.15, 0.2) is 36.0 Å². The van der Waals surface area contributed by atoms with E-state index in [0.717, 1.165) is 6.08 Å². The highest BCUT2D eigenvalue weighted by Gasteiger charge is 2.48. The van der Waals surface area contributed by atoms with Crippen LogP contribution in [0.2, 0.25) is 0 Å². The molecule has 1 aromatic rings. The van der Waals surface area contributed by atoms with E-state index in [9.17, 15) is 23.5 Å². The molecule has 0 aromatic heterocycles. The van der Waals surface area contributed by atoms with Gasteiger partial charge in [0.05, 0.1) is 12.1 Å². The lowest BCUT2D eigenvalue weighted by atomic mass is 9.97. The maximum absolute atomic E-state index is 12.8. The first-order valence-corrected chi connectivity index (χ1v) is 7.92. The van der Waals surface area contributed by atoms with Gasteiger partial charge in [0.1, 0.15) is 11.5 Å². The van der Waals surface area contributed by atoms with Gasteiger partial charge >= 0.3 is 0 Å². The summed E-state index contributed by atoms with van der Waals surface area (Å²) in [5, 5.41) is 15.9. The highest BCUT2D eigenvalue weighted by molar-refractivity contribution is 6.02. The number of carbonyl (C=O) groups is 2. The van der Waals surface area contributed by atoms with E-state index in [1.54, 1.807) is 0 Å². The van der Waals surface area contributed by atoms with Crippen LogP contribution in [-0.4, -0.2) is 52.6 Å². The third-order valence-corrected chi connectivity index (χ3v) is 4.40.